The van der Waals surface area contributed by atoms with Crippen LogP contribution in [-0.2, 0) is 4.79 Å². The van der Waals surface area contributed by atoms with E-state index in [9.17, 15) is 13.6 Å². The first kappa shape index (κ1) is 11.0. The number of rotatable bonds is 2. The third-order valence-electron chi connectivity index (χ3n) is 1.54. The number of carbonyl (C=O) groups excluding carboxylic acids is 1. The molecule has 0 atom stereocenters. The minimum Gasteiger partial charge on any atom is -0.295 e. The highest BCUT2D eigenvalue weighted by molar-refractivity contribution is 9.10. The molecule has 0 aromatic heterocycles. The summed E-state index contributed by atoms with van der Waals surface area (Å²) in [5.74, 6) is -1.35. The zero-order valence-electron chi connectivity index (χ0n) is 7.35. The minimum atomic E-state index is -0.573. The van der Waals surface area contributed by atoms with E-state index >= 15 is 0 Å². The van der Waals surface area contributed by atoms with Crippen molar-refractivity contribution in [1.29, 1.82) is 0 Å². The summed E-state index contributed by atoms with van der Waals surface area (Å²) in [7, 11) is 0. The number of hydrogen-bond acceptors (Lipinski definition) is 1. The molecule has 1 rings (SSSR count). The largest absolute Gasteiger partial charge is 0.295 e. The molecule has 0 N–H and O–H groups in total. The van der Waals surface area contributed by atoms with Crippen LogP contribution < -0.4 is 0 Å². The first-order valence-corrected chi connectivity index (χ1v) is 4.63. The van der Waals surface area contributed by atoms with Crippen molar-refractivity contribution in [2.24, 2.45) is 0 Å². The molecule has 0 aliphatic carbocycles. The maximum absolute atomic E-state index is 13.1. The van der Waals surface area contributed by atoms with Crippen LogP contribution in [0, 0.1) is 11.6 Å². The van der Waals surface area contributed by atoms with Gasteiger partial charge in [-0.15, -0.1) is 0 Å². The van der Waals surface area contributed by atoms with E-state index in [-0.39, 0.29) is 15.8 Å². The van der Waals surface area contributed by atoms with Crippen LogP contribution in [0.5, 0.6) is 0 Å². The third kappa shape index (κ3) is 2.73. The molecule has 14 heavy (non-hydrogen) atoms. The first-order chi connectivity index (χ1) is 6.50. The van der Waals surface area contributed by atoms with Gasteiger partial charge in [0.1, 0.15) is 11.6 Å². The summed E-state index contributed by atoms with van der Waals surface area (Å²) in [6.45, 7) is 1.34. The smallest absolute Gasteiger partial charge is 0.152 e. The Morgan fingerprint density at radius 1 is 1.36 bits per heavy atom. The molecule has 0 unspecified atom stereocenters. The predicted molar refractivity (Wildman–Crippen MR) is 53.8 cm³/mol. The van der Waals surface area contributed by atoms with Crippen LogP contribution in [0.2, 0.25) is 0 Å². The summed E-state index contributed by atoms with van der Waals surface area (Å²) in [5, 5.41) is 0. The summed E-state index contributed by atoms with van der Waals surface area (Å²) in [5.41, 5.74) is 0.0564. The molecule has 0 amide bonds. The summed E-state index contributed by atoms with van der Waals surface area (Å²) >= 11 is 2.85. The third-order valence-corrected chi connectivity index (χ3v) is 2.14. The van der Waals surface area contributed by atoms with E-state index in [1.165, 1.54) is 19.1 Å². The van der Waals surface area contributed by atoms with Crippen molar-refractivity contribution >= 4 is 27.8 Å². The van der Waals surface area contributed by atoms with Gasteiger partial charge in [-0.05, 0) is 47.1 Å². The highest BCUT2D eigenvalue weighted by atomic mass is 79.9. The zero-order chi connectivity index (χ0) is 10.7. The van der Waals surface area contributed by atoms with Gasteiger partial charge in [0.2, 0.25) is 0 Å². The van der Waals surface area contributed by atoms with Crippen LogP contribution in [-0.4, -0.2) is 5.78 Å². The van der Waals surface area contributed by atoms with Gasteiger partial charge in [-0.25, -0.2) is 8.78 Å². The molecule has 4 heteroatoms. The fourth-order valence-corrected chi connectivity index (χ4v) is 1.19. The van der Waals surface area contributed by atoms with Crippen molar-refractivity contribution in [3.63, 3.8) is 0 Å². The Morgan fingerprint density at radius 2 is 2.00 bits per heavy atom. The average molecular weight is 261 g/mol. The summed E-state index contributed by atoms with van der Waals surface area (Å²) < 4.78 is 26.1. The predicted octanol–water partition coefficient (Wildman–Crippen LogP) is 3.33. The summed E-state index contributed by atoms with van der Waals surface area (Å²) in [4.78, 5) is 10.6. The van der Waals surface area contributed by atoms with Crippen LogP contribution in [0.15, 0.2) is 22.7 Å². The Morgan fingerprint density at radius 3 is 2.57 bits per heavy atom. The number of halogens is 3. The van der Waals surface area contributed by atoms with Crippen LogP contribution in [0.3, 0.4) is 0 Å². The van der Waals surface area contributed by atoms with Crippen molar-refractivity contribution in [1.82, 2.24) is 0 Å². The Bertz CT molecular complexity index is 399. The van der Waals surface area contributed by atoms with Gasteiger partial charge in [-0.2, -0.15) is 0 Å². The van der Waals surface area contributed by atoms with E-state index < -0.39 is 11.6 Å². The van der Waals surface area contributed by atoms with E-state index in [4.69, 9.17) is 0 Å². The lowest BCUT2D eigenvalue weighted by Gasteiger charge is -1.99. The van der Waals surface area contributed by atoms with E-state index in [0.29, 0.717) is 0 Å². The van der Waals surface area contributed by atoms with Crippen LogP contribution >= 0.6 is 15.9 Å². The number of hydrogen-bond donors (Lipinski definition) is 0. The van der Waals surface area contributed by atoms with E-state index in [1.807, 2.05) is 0 Å². The molecule has 0 saturated carbocycles. The fourth-order valence-electron chi connectivity index (χ4n) is 0.873. The molecular formula is C10H7BrF2O. The Hall–Kier alpha value is -1.03. The number of ketones is 1. The van der Waals surface area contributed by atoms with Gasteiger partial charge in [0.25, 0.3) is 0 Å². The monoisotopic (exact) mass is 260 g/mol. The van der Waals surface area contributed by atoms with Gasteiger partial charge in [-0.3, -0.25) is 4.79 Å². The molecule has 0 radical (unpaired) electrons. The second-order valence-corrected chi connectivity index (χ2v) is 3.59. The molecule has 0 heterocycles. The normalized spacial score (nSPS) is 10.9. The lowest BCUT2D eigenvalue weighted by Crippen LogP contribution is -1.88. The van der Waals surface area contributed by atoms with Crippen molar-refractivity contribution in [2.45, 2.75) is 6.92 Å². The second-order valence-electron chi connectivity index (χ2n) is 2.73. The number of carbonyl (C=O) groups is 1. The van der Waals surface area contributed by atoms with Gasteiger partial charge in [0.05, 0.1) is 4.47 Å². The summed E-state index contributed by atoms with van der Waals surface area (Å²) in [6, 6.07) is 2.05. The Kier molecular flexibility index (Phi) is 3.52. The van der Waals surface area contributed by atoms with Crippen molar-refractivity contribution in [2.75, 3.05) is 0 Å². The van der Waals surface area contributed by atoms with Crippen LogP contribution in [0.1, 0.15) is 12.5 Å². The van der Waals surface area contributed by atoms with Crippen molar-refractivity contribution < 1.29 is 13.6 Å². The highest BCUT2D eigenvalue weighted by Crippen LogP contribution is 2.20. The van der Waals surface area contributed by atoms with E-state index in [1.54, 1.807) is 0 Å². The molecular weight excluding hydrogens is 254 g/mol. The molecule has 0 aliphatic rings. The van der Waals surface area contributed by atoms with Crippen LogP contribution in [0.25, 0.3) is 6.08 Å². The van der Waals surface area contributed by atoms with Gasteiger partial charge >= 0.3 is 0 Å². The molecule has 1 aromatic carbocycles. The van der Waals surface area contributed by atoms with E-state index in [0.717, 1.165) is 12.1 Å². The Balaban J connectivity index is 3.10. The quantitative estimate of drug-likeness (QED) is 0.589. The molecule has 0 bridgehead atoms. The van der Waals surface area contributed by atoms with Crippen LogP contribution in [0.4, 0.5) is 8.78 Å². The van der Waals surface area contributed by atoms with Gasteiger partial charge in [-0.1, -0.05) is 0 Å². The minimum absolute atomic E-state index is 0.0564. The van der Waals surface area contributed by atoms with Gasteiger partial charge < -0.3 is 0 Å². The SMILES string of the molecule is CC(=O)/C=C/c1cc(F)c(Br)cc1F. The standard InChI is InChI=1S/C10H7BrF2O/c1-6(14)2-3-7-4-10(13)8(11)5-9(7)12/h2-5H,1H3/b3-2+. The molecule has 1 aromatic rings. The van der Waals surface area contributed by atoms with Crippen molar-refractivity contribution in [3.05, 3.63) is 39.9 Å². The second kappa shape index (κ2) is 4.46. The van der Waals surface area contributed by atoms with E-state index in [2.05, 4.69) is 15.9 Å². The topological polar surface area (TPSA) is 17.1 Å². The zero-order valence-corrected chi connectivity index (χ0v) is 8.94. The van der Waals surface area contributed by atoms with Crippen molar-refractivity contribution in [3.8, 4) is 0 Å². The lowest BCUT2D eigenvalue weighted by atomic mass is 10.2. The number of allylic oxidation sites excluding steroid dienone is 1. The maximum Gasteiger partial charge on any atom is 0.152 e. The highest BCUT2D eigenvalue weighted by Gasteiger charge is 2.05. The molecule has 0 fully saturated rings. The molecule has 0 aliphatic heterocycles. The molecule has 74 valence electrons. The summed E-state index contributed by atoms with van der Waals surface area (Å²) in [6.07, 6.45) is 2.43. The lowest BCUT2D eigenvalue weighted by molar-refractivity contribution is -0.112. The maximum atomic E-state index is 13.1. The molecule has 1 nitrogen and oxygen atoms in total. The average Bonchev–Trinajstić information content (AvgIpc) is 2.09. The molecule has 0 saturated heterocycles. The fraction of sp³-hybridized carbons (Fsp3) is 0.100. The molecule has 0 spiro atoms. The van der Waals surface area contributed by atoms with Gasteiger partial charge in [0, 0.05) is 5.56 Å². The number of benzene rings is 1. The first-order valence-electron chi connectivity index (χ1n) is 3.84. The van der Waals surface area contributed by atoms with Gasteiger partial charge in [0.15, 0.2) is 5.78 Å². The Labute approximate surface area is 88.6 Å².